The minimum Gasteiger partial charge on any atom is -0.482 e. The molecule has 0 saturated carbocycles. The van der Waals surface area contributed by atoms with E-state index < -0.39 is 11.7 Å². The Morgan fingerprint density at radius 1 is 1.19 bits per heavy atom. The Bertz CT molecular complexity index is 1570. The summed E-state index contributed by atoms with van der Waals surface area (Å²) in [4.78, 5) is 30.1. The highest BCUT2D eigenvalue weighted by Gasteiger charge is 2.15. The number of anilines is 1. The SMILES string of the molecule is CC(C)c1nc2ccc(Br)cc2c(=O)n1N=Cc1cc(I)c(OCC(=O)Nc2cccc(F)c2)c(I)c1. The van der Waals surface area contributed by atoms with E-state index in [-0.39, 0.29) is 18.1 Å². The number of amides is 1. The van der Waals surface area contributed by atoms with Gasteiger partial charge >= 0.3 is 0 Å². The number of hydrogen-bond donors (Lipinski definition) is 1. The highest BCUT2D eigenvalue weighted by atomic mass is 127. The van der Waals surface area contributed by atoms with Crippen LogP contribution >= 0.6 is 61.1 Å². The normalized spacial score (nSPS) is 11.4. The van der Waals surface area contributed by atoms with E-state index in [9.17, 15) is 14.0 Å². The number of hydrogen-bond acceptors (Lipinski definition) is 5. The summed E-state index contributed by atoms with van der Waals surface area (Å²) in [6, 6.07) is 14.7. The molecule has 1 N–H and O–H groups in total. The number of rotatable bonds is 7. The molecule has 0 fully saturated rings. The highest BCUT2D eigenvalue weighted by molar-refractivity contribution is 14.1. The average Bonchev–Trinajstić information content (AvgIpc) is 2.83. The molecule has 37 heavy (non-hydrogen) atoms. The summed E-state index contributed by atoms with van der Waals surface area (Å²) in [6.45, 7) is 3.68. The van der Waals surface area contributed by atoms with E-state index in [0.717, 1.165) is 17.2 Å². The third-order valence-electron chi connectivity index (χ3n) is 5.15. The van der Waals surface area contributed by atoms with Crippen LogP contribution in [0.4, 0.5) is 10.1 Å². The van der Waals surface area contributed by atoms with E-state index in [1.165, 1.54) is 22.9 Å². The second kappa shape index (κ2) is 12.0. The van der Waals surface area contributed by atoms with Gasteiger partial charge in [-0.3, -0.25) is 9.59 Å². The van der Waals surface area contributed by atoms with Crippen LogP contribution in [0, 0.1) is 13.0 Å². The van der Waals surface area contributed by atoms with E-state index in [2.05, 4.69) is 76.5 Å². The highest BCUT2D eigenvalue weighted by Crippen LogP contribution is 2.29. The van der Waals surface area contributed by atoms with Crippen LogP contribution in [-0.2, 0) is 4.79 Å². The van der Waals surface area contributed by atoms with E-state index in [0.29, 0.717) is 28.2 Å². The van der Waals surface area contributed by atoms with Crippen LogP contribution in [0.25, 0.3) is 10.9 Å². The molecule has 0 unspecified atom stereocenters. The van der Waals surface area contributed by atoms with E-state index in [1.54, 1.807) is 18.3 Å². The van der Waals surface area contributed by atoms with Crippen LogP contribution in [0.2, 0.25) is 0 Å². The maximum absolute atomic E-state index is 13.3. The van der Waals surface area contributed by atoms with Crippen LogP contribution in [0.5, 0.6) is 5.75 Å². The number of nitrogens with zero attached hydrogens (tertiary/aromatic N) is 3. The van der Waals surface area contributed by atoms with Crippen molar-refractivity contribution < 1.29 is 13.9 Å². The molecule has 0 spiro atoms. The van der Waals surface area contributed by atoms with Gasteiger partial charge in [0.05, 0.1) is 24.3 Å². The molecule has 0 saturated heterocycles. The predicted molar refractivity (Wildman–Crippen MR) is 163 cm³/mol. The van der Waals surface area contributed by atoms with Gasteiger partial charge < -0.3 is 10.1 Å². The molecule has 4 aromatic rings. The molecule has 4 rings (SSSR count). The Hall–Kier alpha value is -2.39. The first-order valence-corrected chi connectivity index (χ1v) is 14.0. The van der Waals surface area contributed by atoms with Crippen molar-refractivity contribution in [2.75, 3.05) is 11.9 Å². The Labute approximate surface area is 247 Å². The van der Waals surface area contributed by atoms with Gasteiger partial charge in [-0.15, -0.1) is 0 Å². The van der Waals surface area contributed by atoms with E-state index in [4.69, 9.17) is 4.74 Å². The van der Waals surface area contributed by atoms with Gasteiger partial charge in [0.1, 0.15) is 17.4 Å². The Morgan fingerprint density at radius 3 is 2.59 bits per heavy atom. The summed E-state index contributed by atoms with van der Waals surface area (Å²) in [7, 11) is 0. The van der Waals surface area contributed by atoms with Crippen LogP contribution in [0.1, 0.15) is 31.2 Å². The smallest absolute Gasteiger partial charge is 0.282 e. The number of nitrogens with one attached hydrogen (secondary N) is 1. The molecule has 1 amide bonds. The zero-order chi connectivity index (χ0) is 26.7. The molecule has 0 bridgehead atoms. The molecule has 3 aromatic carbocycles. The fraction of sp³-hybridized carbons (Fsp3) is 0.154. The predicted octanol–water partition coefficient (Wildman–Crippen LogP) is 6.53. The largest absolute Gasteiger partial charge is 0.482 e. The van der Waals surface area contributed by atoms with Crippen molar-refractivity contribution in [3.05, 3.63) is 93.8 Å². The quantitative estimate of drug-likeness (QED) is 0.171. The number of fused-ring (bicyclic) bond motifs is 1. The Morgan fingerprint density at radius 2 is 1.92 bits per heavy atom. The molecule has 1 aromatic heterocycles. The van der Waals surface area contributed by atoms with Crippen LogP contribution in [0.3, 0.4) is 0 Å². The van der Waals surface area contributed by atoms with Crippen molar-refractivity contribution in [1.82, 2.24) is 9.66 Å². The number of aromatic nitrogens is 2. The first kappa shape index (κ1) is 27.6. The minimum atomic E-state index is -0.435. The third-order valence-corrected chi connectivity index (χ3v) is 7.24. The first-order chi connectivity index (χ1) is 17.6. The van der Waals surface area contributed by atoms with Crippen LogP contribution < -0.4 is 15.6 Å². The third kappa shape index (κ3) is 6.74. The van der Waals surface area contributed by atoms with Gasteiger partial charge in [0.2, 0.25) is 0 Å². The molecule has 190 valence electrons. The van der Waals surface area contributed by atoms with Gasteiger partial charge in [0, 0.05) is 16.1 Å². The van der Waals surface area contributed by atoms with Crippen LogP contribution in [0.15, 0.2) is 69.0 Å². The summed E-state index contributed by atoms with van der Waals surface area (Å²) < 4.78 is 22.7. The molecule has 0 radical (unpaired) electrons. The second-order valence-corrected chi connectivity index (χ2v) is 11.5. The summed E-state index contributed by atoms with van der Waals surface area (Å²) in [5, 5.41) is 7.55. The van der Waals surface area contributed by atoms with Gasteiger partial charge in [0.15, 0.2) is 6.61 Å². The molecule has 0 aliphatic rings. The molecule has 7 nitrogen and oxygen atoms in total. The molecule has 0 aliphatic carbocycles. The van der Waals surface area contributed by atoms with Gasteiger partial charge in [0.25, 0.3) is 11.5 Å². The first-order valence-electron chi connectivity index (χ1n) is 11.1. The molecular formula is C26H20BrFI2N4O3. The zero-order valence-corrected chi connectivity index (χ0v) is 25.5. The lowest BCUT2D eigenvalue weighted by Crippen LogP contribution is -2.23. The maximum Gasteiger partial charge on any atom is 0.282 e. The lowest BCUT2D eigenvalue weighted by atomic mass is 10.2. The fourth-order valence-corrected chi connectivity index (χ4v) is 5.96. The molecule has 1 heterocycles. The summed E-state index contributed by atoms with van der Waals surface area (Å²) in [5.74, 6) is 0.247. The minimum absolute atomic E-state index is 0.0209. The number of carbonyl (C=O) groups is 1. The van der Waals surface area contributed by atoms with Crippen molar-refractivity contribution >= 4 is 89.8 Å². The van der Waals surface area contributed by atoms with E-state index in [1.807, 2.05) is 38.1 Å². The van der Waals surface area contributed by atoms with Gasteiger partial charge in [-0.25, -0.2) is 9.37 Å². The van der Waals surface area contributed by atoms with Gasteiger partial charge in [-0.2, -0.15) is 9.78 Å². The summed E-state index contributed by atoms with van der Waals surface area (Å²) in [5.41, 5.74) is 1.48. The van der Waals surface area contributed by atoms with Gasteiger partial charge in [-0.1, -0.05) is 35.8 Å². The van der Waals surface area contributed by atoms with Crippen molar-refractivity contribution in [1.29, 1.82) is 0 Å². The number of halogens is 4. The average molecular weight is 789 g/mol. The number of carbonyl (C=O) groups excluding carboxylic acids is 1. The lowest BCUT2D eigenvalue weighted by Gasteiger charge is -2.13. The monoisotopic (exact) mass is 788 g/mol. The zero-order valence-electron chi connectivity index (χ0n) is 19.6. The molecule has 0 aliphatic heterocycles. The van der Waals surface area contributed by atoms with Crippen molar-refractivity contribution in [3.8, 4) is 5.75 Å². The molecule has 0 atom stereocenters. The second-order valence-electron chi connectivity index (χ2n) is 8.31. The Kier molecular flexibility index (Phi) is 8.95. The number of benzene rings is 3. The van der Waals surface area contributed by atoms with Gasteiger partial charge in [-0.05, 0) is 99.3 Å². The van der Waals surface area contributed by atoms with Crippen molar-refractivity contribution in [3.63, 3.8) is 0 Å². The standard InChI is InChI=1S/C26H20BrFI2N4O3/c1-14(2)25-33-22-7-6-16(27)10-19(22)26(36)34(25)31-12-15-8-20(29)24(21(30)9-15)37-13-23(35)32-18-5-3-4-17(28)11-18/h3-12,14H,13H2,1-2H3,(H,32,35). The summed E-state index contributed by atoms with van der Waals surface area (Å²) >= 11 is 7.65. The lowest BCUT2D eigenvalue weighted by molar-refractivity contribution is -0.118. The van der Waals surface area contributed by atoms with Crippen LogP contribution in [-0.4, -0.2) is 28.4 Å². The van der Waals surface area contributed by atoms with Crippen molar-refractivity contribution in [2.24, 2.45) is 5.10 Å². The molecular weight excluding hydrogens is 769 g/mol. The number of ether oxygens (including phenoxy) is 1. The Balaban J connectivity index is 1.56. The van der Waals surface area contributed by atoms with E-state index >= 15 is 0 Å². The van der Waals surface area contributed by atoms with Crippen molar-refractivity contribution in [2.45, 2.75) is 19.8 Å². The molecule has 11 heteroatoms. The summed E-state index contributed by atoms with van der Waals surface area (Å²) in [6.07, 6.45) is 1.60. The topological polar surface area (TPSA) is 85.6 Å². The maximum atomic E-state index is 13.3. The fourth-order valence-electron chi connectivity index (χ4n) is 3.47.